The Morgan fingerprint density at radius 1 is 1.43 bits per heavy atom. The van der Waals surface area contributed by atoms with E-state index in [1.165, 1.54) is 28.9 Å². The predicted molar refractivity (Wildman–Crippen MR) is 78.8 cm³/mol. The van der Waals surface area contributed by atoms with Crippen LogP contribution in [-0.4, -0.2) is 27.3 Å². The molecule has 0 saturated heterocycles. The third kappa shape index (κ3) is 2.03. The molecule has 0 aliphatic carbocycles. The third-order valence-corrected chi connectivity index (χ3v) is 4.80. The number of aromatic amines is 1. The number of hydrogen-bond acceptors (Lipinski definition) is 3. The fourth-order valence-corrected chi connectivity index (χ4v) is 3.65. The Balaban J connectivity index is 1.69. The van der Waals surface area contributed by atoms with Gasteiger partial charge in [0.05, 0.1) is 29.5 Å². The van der Waals surface area contributed by atoms with E-state index < -0.39 is 5.82 Å². The predicted octanol–water partition coefficient (Wildman–Crippen LogP) is 2.96. The maximum atomic E-state index is 14.1. The molecule has 0 unspecified atom stereocenters. The monoisotopic (exact) mass is 301 g/mol. The number of H-pyrrole nitrogens is 1. The maximum absolute atomic E-state index is 14.1. The Hall–Kier alpha value is -2.21. The number of hydrogen-bond donors (Lipinski definition) is 1. The zero-order chi connectivity index (χ0) is 14.4. The van der Waals surface area contributed by atoms with Crippen molar-refractivity contribution in [3.8, 4) is 0 Å². The lowest BCUT2D eigenvalue weighted by Gasteiger charge is -2.27. The van der Waals surface area contributed by atoms with E-state index in [0.717, 1.165) is 6.42 Å². The Bertz CT molecular complexity index is 838. The van der Waals surface area contributed by atoms with Crippen molar-refractivity contribution in [2.75, 3.05) is 6.54 Å². The van der Waals surface area contributed by atoms with E-state index in [1.807, 2.05) is 5.38 Å². The first kappa shape index (κ1) is 12.5. The Morgan fingerprint density at radius 3 is 3.24 bits per heavy atom. The molecule has 21 heavy (non-hydrogen) atoms. The highest BCUT2D eigenvalue weighted by molar-refractivity contribution is 7.10. The fourth-order valence-electron chi connectivity index (χ4n) is 2.70. The molecule has 0 saturated carbocycles. The Morgan fingerprint density at radius 2 is 2.33 bits per heavy atom. The summed E-state index contributed by atoms with van der Waals surface area (Å²) in [7, 11) is 0. The number of fused-ring (bicyclic) bond motifs is 2. The summed E-state index contributed by atoms with van der Waals surface area (Å²) in [4.78, 5) is 22.4. The average molecular weight is 301 g/mol. The molecule has 4 nitrogen and oxygen atoms in total. The number of thiophene rings is 1. The zero-order valence-electron chi connectivity index (χ0n) is 11.1. The van der Waals surface area contributed by atoms with E-state index in [4.69, 9.17) is 0 Å². The lowest BCUT2D eigenvalue weighted by atomic mass is 10.1. The smallest absolute Gasteiger partial charge is 0.257 e. The van der Waals surface area contributed by atoms with Crippen molar-refractivity contribution in [3.63, 3.8) is 0 Å². The van der Waals surface area contributed by atoms with E-state index in [-0.39, 0.29) is 11.5 Å². The van der Waals surface area contributed by atoms with Crippen LogP contribution < -0.4 is 0 Å². The normalized spacial score (nSPS) is 14.4. The molecule has 4 rings (SSSR count). The molecular weight excluding hydrogens is 289 g/mol. The van der Waals surface area contributed by atoms with Gasteiger partial charge in [0.2, 0.25) is 0 Å². The van der Waals surface area contributed by atoms with Crippen molar-refractivity contribution >= 4 is 28.3 Å². The van der Waals surface area contributed by atoms with Crippen LogP contribution in [0.25, 0.3) is 11.0 Å². The summed E-state index contributed by atoms with van der Waals surface area (Å²) in [6.07, 6.45) is 2.33. The number of carbonyl (C=O) groups excluding carboxylic acids is 1. The topological polar surface area (TPSA) is 49.0 Å². The van der Waals surface area contributed by atoms with Gasteiger partial charge >= 0.3 is 0 Å². The van der Waals surface area contributed by atoms with Gasteiger partial charge in [-0.15, -0.1) is 11.3 Å². The van der Waals surface area contributed by atoms with Gasteiger partial charge in [0.25, 0.3) is 5.91 Å². The number of nitrogens with one attached hydrogen (secondary N) is 1. The molecule has 0 fully saturated rings. The minimum absolute atomic E-state index is 0.0922. The molecule has 1 aliphatic rings. The molecule has 1 amide bonds. The largest absolute Gasteiger partial charge is 0.345 e. The highest BCUT2D eigenvalue weighted by atomic mass is 32.1. The van der Waals surface area contributed by atoms with Gasteiger partial charge in [-0.2, -0.15) is 0 Å². The lowest BCUT2D eigenvalue weighted by molar-refractivity contribution is 0.0732. The van der Waals surface area contributed by atoms with E-state index >= 15 is 0 Å². The van der Waals surface area contributed by atoms with Gasteiger partial charge < -0.3 is 9.88 Å². The lowest BCUT2D eigenvalue weighted by Crippen LogP contribution is -2.35. The SMILES string of the molecule is O=C(c1cc2nc[nH]c2cc1F)N1CCc2ccsc2C1. The van der Waals surface area contributed by atoms with Gasteiger partial charge in [0, 0.05) is 17.5 Å². The first-order valence-corrected chi connectivity index (χ1v) is 7.57. The maximum Gasteiger partial charge on any atom is 0.257 e. The fraction of sp³-hybridized carbons (Fsp3) is 0.200. The standard InChI is InChI=1S/C15H12FN3OS/c16-11-6-13-12(17-8-18-13)5-10(11)15(20)19-3-1-9-2-4-21-14(9)7-19/h2,4-6,8H,1,3,7H2,(H,17,18). The number of amides is 1. The number of carbonyl (C=O) groups is 1. The quantitative estimate of drug-likeness (QED) is 0.751. The van der Waals surface area contributed by atoms with Gasteiger partial charge in [-0.05, 0) is 29.5 Å². The molecule has 3 aromatic rings. The van der Waals surface area contributed by atoms with Crippen molar-refractivity contribution in [2.24, 2.45) is 0 Å². The minimum Gasteiger partial charge on any atom is -0.345 e. The van der Waals surface area contributed by atoms with Crippen molar-refractivity contribution in [1.82, 2.24) is 14.9 Å². The molecule has 1 aromatic carbocycles. The van der Waals surface area contributed by atoms with E-state index in [0.29, 0.717) is 24.1 Å². The summed E-state index contributed by atoms with van der Waals surface area (Å²) < 4.78 is 14.1. The Labute approximate surface area is 124 Å². The molecule has 0 atom stereocenters. The molecule has 3 heterocycles. The molecule has 2 aromatic heterocycles. The summed E-state index contributed by atoms with van der Waals surface area (Å²) in [6.45, 7) is 1.19. The number of benzene rings is 1. The van der Waals surface area contributed by atoms with Crippen molar-refractivity contribution < 1.29 is 9.18 Å². The van der Waals surface area contributed by atoms with Gasteiger partial charge in [-0.25, -0.2) is 9.37 Å². The third-order valence-electron chi connectivity index (χ3n) is 3.85. The number of imidazole rings is 1. The van der Waals surface area contributed by atoms with Crippen molar-refractivity contribution in [3.05, 3.63) is 51.7 Å². The van der Waals surface area contributed by atoms with E-state index in [2.05, 4.69) is 16.0 Å². The molecule has 1 N–H and O–H groups in total. The van der Waals surface area contributed by atoms with Crippen molar-refractivity contribution in [2.45, 2.75) is 13.0 Å². The second-order valence-electron chi connectivity index (χ2n) is 5.10. The molecule has 0 bridgehead atoms. The second kappa shape index (κ2) is 4.66. The summed E-state index contributed by atoms with van der Waals surface area (Å²) in [5, 5.41) is 2.04. The molecule has 6 heteroatoms. The summed E-state index contributed by atoms with van der Waals surface area (Å²) in [5.41, 5.74) is 2.60. The number of rotatable bonds is 1. The highest BCUT2D eigenvalue weighted by Crippen LogP contribution is 2.26. The van der Waals surface area contributed by atoms with Gasteiger partial charge in [-0.1, -0.05) is 0 Å². The van der Waals surface area contributed by atoms with Gasteiger partial charge in [0.15, 0.2) is 0 Å². The van der Waals surface area contributed by atoms with Crippen LogP contribution in [0.1, 0.15) is 20.8 Å². The van der Waals surface area contributed by atoms with Crippen LogP contribution in [0.5, 0.6) is 0 Å². The average Bonchev–Trinajstić information content (AvgIpc) is 3.12. The molecule has 1 aliphatic heterocycles. The number of aromatic nitrogens is 2. The zero-order valence-corrected chi connectivity index (χ0v) is 11.9. The summed E-state index contributed by atoms with van der Waals surface area (Å²) in [6, 6.07) is 4.95. The van der Waals surface area contributed by atoms with Crippen LogP contribution in [0.3, 0.4) is 0 Å². The first-order valence-electron chi connectivity index (χ1n) is 6.69. The Kier molecular flexibility index (Phi) is 2.78. The van der Waals surface area contributed by atoms with Crippen LogP contribution in [-0.2, 0) is 13.0 Å². The number of halogens is 1. The van der Waals surface area contributed by atoms with Crippen molar-refractivity contribution in [1.29, 1.82) is 0 Å². The van der Waals surface area contributed by atoms with Gasteiger partial charge in [-0.3, -0.25) is 4.79 Å². The van der Waals surface area contributed by atoms with E-state index in [9.17, 15) is 9.18 Å². The van der Waals surface area contributed by atoms with E-state index in [1.54, 1.807) is 16.2 Å². The highest BCUT2D eigenvalue weighted by Gasteiger charge is 2.25. The number of nitrogens with zero attached hydrogens (tertiary/aromatic N) is 2. The minimum atomic E-state index is -0.506. The van der Waals surface area contributed by atoms with Crippen LogP contribution in [0.15, 0.2) is 29.9 Å². The molecule has 0 radical (unpaired) electrons. The van der Waals surface area contributed by atoms with Crippen LogP contribution in [0.4, 0.5) is 4.39 Å². The van der Waals surface area contributed by atoms with Gasteiger partial charge in [0.1, 0.15) is 5.82 Å². The van der Waals surface area contributed by atoms with Crippen LogP contribution in [0.2, 0.25) is 0 Å². The van der Waals surface area contributed by atoms with Crippen LogP contribution >= 0.6 is 11.3 Å². The van der Waals surface area contributed by atoms with Crippen LogP contribution in [0, 0.1) is 5.82 Å². The summed E-state index contributed by atoms with van der Waals surface area (Å²) >= 11 is 1.64. The molecular formula is C15H12FN3OS. The second-order valence-corrected chi connectivity index (χ2v) is 6.10. The molecule has 106 valence electrons. The summed E-state index contributed by atoms with van der Waals surface area (Å²) in [5.74, 6) is -0.773. The first-order chi connectivity index (χ1) is 10.2. The molecule has 0 spiro atoms.